The molecular weight excluding hydrogens is 410 g/mol. The van der Waals surface area contributed by atoms with Gasteiger partial charge in [-0.25, -0.2) is 4.98 Å². The summed E-state index contributed by atoms with van der Waals surface area (Å²) < 4.78 is 1.83. The fourth-order valence-electron chi connectivity index (χ4n) is 4.40. The molecule has 0 radical (unpaired) electrons. The maximum atomic E-state index is 12.9. The molecule has 1 aliphatic rings. The molecule has 3 heterocycles. The third-order valence-corrected chi connectivity index (χ3v) is 6.60. The van der Waals surface area contributed by atoms with Crippen molar-refractivity contribution >= 4 is 28.6 Å². The van der Waals surface area contributed by atoms with Crippen LogP contribution in [0.3, 0.4) is 0 Å². The van der Waals surface area contributed by atoms with Crippen molar-refractivity contribution < 1.29 is 0 Å². The fraction of sp³-hybridized carbons (Fsp3) is 0.458. The van der Waals surface area contributed by atoms with E-state index in [1.54, 1.807) is 6.07 Å². The summed E-state index contributed by atoms with van der Waals surface area (Å²) in [7, 11) is 2.15. The molecule has 2 aromatic heterocycles. The Morgan fingerprint density at radius 3 is 2.48 bits per heavy atom. The van der Waals surface area contributed by atoms with Crippen LogP contribution in [0.4, 0.5) is 5.95 Å². The topological polar surface area (TPSA) is 63.1 Å². The number of anilines is 1. The standard InChI is InChI=1S/C24H30ClN5O/c1-4-17(5-2)30-21(31)11-10-19-22(18-8-6-7-9-20(18)25)27-24(28-23(19)30)26-16-12-14-29(3)15-13-16/h6-11,16-17H,4-5,12-15H2,1-3H3,(H,26,27,28). The number of pyridine rings is 1. The molecule has 1 aliphatic heterocycles. The van der Waals surface area contributed by atoms with Crippen molar-refractivity contribution in [3.63, 3.8) is 0 Å². The molecular formula is C24H30ClN5O. The molecule has 0 bridgehead atoms. The Morgan fingerprint density at radius 2 is 1.81 bits per heavy atom. The molecule has 0 spiro atoms. The van der Waals surface area contributed by atoms with E-state index in [4.69, 9.17) is 21.6 Å². The Bertz CT molecular complexity index is 1120. The lowest BCUT2D eigenvalue weighted by molar-refractivity contribution is 0.263. The van der Waals surface area contributed by atoms with Crippen LogP contribution in [-0.4, -0.2) is 45.6 Å². The van der Waals surface area contributed by atoms with Crippen molar-refractivity contribution in [1.29, 1.82) is 0 Å². The van der Waals surface area contributed by atoms with Crippen LogP contribution in [0.2, 0.25) is 5.02 Å². The second-order valence-corrected chi connectivity index (χ2v) is 8.75. The summed E-state index contributed by atoms with van der Waals surface area (Å²) in [5.41, 5.74) is 2.24. The summed E-state index contributed by atoms with van der Waals surface area (Å²) in [5, 5.41) is 5.01. The molecule has 6 nitrogen and oxygen atoms in total. The van der Waals surface area contributed by atoms with Crippen LogP contribution in [0.5, 0.6) is 0 Å². The van der Waals surface area contributed by atoms with Gasteiger partial charge in [-0.2, -0.15) is 4.98 Å². The zero-order valence-corrected chi connectivity index (χ0v) is 19.2. The maximum Gasteiger partial charge on any atom is 0.252 e. The summed E-state index contributed by atoms with van der Waals surface area (Å²) in [5.74, 6) is 0.558. The second-order valence-electron chi connectivity index (χ2n) is 8.35. The first kappa shape index (κ1) is 21.8. The first-order valence-electron chi connectivity index (χ1n) is 11.1. The van der Waals surface area contributed by atoms with E-state index in [1.807, 2.05) is 34.9 Å². The van der Waals surface area contributed by atoms with Gasteiger partial charge in [0.2, 0.25) is 5.95 Å². The lowest BCUT2D eigenvalue weighted by Crippen LogP contribution is -2.37. The van der Waals surface area contributed by atoms with Crippen LogP contribution in [0.15, 0.2) is 41.2 Å². The number of nitrogens with one attached hydrogen (secondary N) is 1. The number of halogens is 1. The average Bonchev–Trinajstić information content (AvgIpc) is 2.77. The monoisotopic (exact) mass is 439 g/mol. The molecule has 31 heavy (non-hydrogen) atoms. The number of hydrogen-bond donors (Lipinski definition) is 1. The lowest BCUT2D eigenvalue weighted by atomic mass is 10.1. The van der Waals surface area contributed by atoms with Gasteiger partial charge in [0.25, 0.3) is 5.56 Å². The predicted molar refractivity (Wildman–Crippen MR) is 128 cm³/mol. The van der Waals surface area contributed by atoms with Gasteiger partial charge in [0.1, 0.15) is 5.65 Å². The molecule has 4 rings (SSSR count). The summed E-state index contributed by atoms with van der Waals surface area (Å²) in [6.45, 7) is 6.29. The van der Waals surface area contributed by atoms with Gasteiger partial charge in [-0.1, -0.05) is 43.6 Å². The van der Waals surface area contributed by atoms with Crippen molar-refractivity contribution in [2.24, 2.45) is 0 Å². The zero-order valence-electron chi connectivity index (χ0n) is 18.4. The summed E-state index contributed by atoms with van der Waals surface area (Å²) in [6, 6.07) is 11.5. The Labute approximate surface area is 188 Å². The molecule has 1 N–H and O–H groups in total. The number of hydrogen-bond acceptors (Lipinski definition) is 5. The van der Waals surface area contributed by atoms with E-state index in [0.29, 0.717) is 22.7 Å². The van der Waals surface area contributed by atoms with E-state index < -0.39 is 0 Å². The Morgan fingerprint density at radius 1 is 1.10 bits per heavy atom. The van der Waals surface area contributed by atoms with Crippen LogP contribution < -0.4 is 10.9 Å². The van der Waals surface area contributed by atoms with Gasteiger partial charge in [-0.15, -0.1) is 0 Å². The lowest BCUT2D eigenvalue weighted by Gasteiger charge is -2.29. The summed E-state index contributed by atoms with van der Waals surface area (Å²) >= 11 is 6.55. The van der Waals surface area contributed by atoms with E-state index in [-0.39, 0.29) is 11.6 Å². The number of aromatic nitrogens is 3. The van der Waals surface area contributed by atoms with Crippen molar-refractivity contribution in [2.75, 3.05) is 25.5 Å². The van der Waals surface area contributed by atoms with Crippen LogP contribution >= 0.6 is 11.6 Å². The van der Waals surface area contributed by atoms with Gasteiger partial charge in [0, 0.05) is 34.1 Å². The van der Waals surface area contributed by atoms with Crippen LogP contribution in [0.1, 0.15) is 45.6 Å². The van der Waals surface area contributed by atoms with Gasteiger partial charge in [0.05, 0.1) is 5.69 Å². The normalized spacial score (nSPS) is 15.6. The minimum absolute atomic E-state index is 0.0322. The molecule has 0 amide bonds. The molecule has 7 heteroatoms. The minimum Gasteiger partial charge on any atom is -0.351 e. The first-order chi connectivity index (χ1) is 15.0. The largest absolute Gasteiger partial charge is 0.351 e. The molecule has 1 fully saturated rings. The zero-order chi connectivity index (χ0) is 22.0. The summed E-state index contributed by atoms with van der Waals surface area (Å²) in [4.78, 5) is 25.0. The number of rotatable bonds is 6. The number of fused-ring (bicyclic) bond motifs is 1. The van der Waals surface area contributed by atoms with Crippen LogP contribution in [0, 0.1) is 0 Å². The predicted octanol–water partition coefficient (Wildman–Crippen LogP) is 4.98. The third-order valence-electron chi connectivity index (χ3n) is 6.27. The van der Waals surface area contributed by atoms with Gasteiger partial charge < -0.3 is 10.2 Å². The number of likely N-dealkylation sites (tertiary alicyclic amines) is 1. The Hall–Kier alpha value is -2.44. The maximum absolute atomic E-state index is 12.9. The van der Waals surface area contributed by atoms with E-state index in [0.717, 1.165) is 55.4 Å². The first-order valence-corrected chi connectivity index (χ1v) is 11.5. The van der Waals surface area contributed by atoms with E-state index in [9.17, 15) is 4.79 Å². The molecule has 0 saturated carbocycles. The van der Waals surface area contributed by atoms with E-state index in [1.165, 1.54) is 0 Å². The van der Waals surface area contributed by atoms with Gasteiger partial charge in [-0.3, -0.25) is 9.36 Å². The van der Waals surface area contributed by atoms with Crippen molar-refractivity contribution in [3.8, 4) is 11.3 Å². The number of nitrogens with zero attached hydrogens (tertiary/aromatic N) is 4. The highest BCUT2D eigenvalue weighted by atomic mass is 35.5. The van der Waals surface area contributed by atoms with E-state index in [2.05, 4.69) is 31.1 Å². The molecule has 0 unspecified atom stereocenters. The number of piperidine rings is 1. The fourth-order valence-corrected chi connectivity index (χ4v) is 4.62. The highest BCUT2D eigenvalue weighted by Gasteiger charge is 2.21. The van der Waals surface area contributed by atoms with Crippen molar-refractivity contribution in [1.82, 2.24) is 19.4 Å². The Balaban J connectivity index is 1.91. The van der Waals surface area contributed by atoms with Crippen LogP contribution in [-0.2, 0) is 0 Å². The summed E-state index contributed by atoms with van der Waals surface area (Å²) in [6.07, 6.45) is 3.79. The van der Waals surface area contributed by atoms with Gasteiger partial charge in [0.15, 0.2) is 0 Å². The number of benzene rings is 1. The van der Waals surface area contributed by atoms with Gasteiger partial charge >= 0.3 is 0 Å². The second kappa shape index (κ2) is 9.37. The highest BCUT2D eigenvalue weighted by Crippen LogP contribution is 2.33. The molecule has 0 aliphatic carbocycles. The quantitative estimate of drug-likeness (QED) is 0.586. The van der Waals surface area contributed by atoms with E-state index >= 15 is 0 Å². The third kappa shape index (κ3) is 4.46. The average molecular weight is 440 g/mol. The molecule has 1 aromatic carbocycles. The smallest absolute Gasteiger partial charge is 0.252 e. The minimum atomic E-state index is -0.0322. The highest BCUT2D eigenvalue weighted by molar-refractivity contribution is 6.33. The van der Waals surface area contributed by atoms with Crippen molar-refractivity contribution in [2.45, 2.75) is 51.6 Å². The molecule has 0 atom stereocenters. The SMILES string of the molecule is CCC(CC)n1c(=O)ccc2c(-c3ccccc3Cl)nc(NC3CCN(C)CC3)nc21. The Kier molecular flexibility index (Phi) is 6.58. The molecule has 164 valence electrons. The molecule has 1 saturated heterocycles. The van der Waals surface area contributed by atoms with Gasteiger partial charge in [-0.05, 0) is 58.0 Å². The van der Waals surface area contributed by atoms with Crippen molar-refractivity contribution in [3.05, 3.63) is 51.8 Å². The molecule has 3 aromatic rings. The van der Waals surface area contributed by atoms with Crippen LogP contribution in [0.25, 0.3) is 22.3 Å².